The minimum absolute atomic E-state index is 0.149. The number of rotatable bonds is 8. The van der Waals surface area contributed by atoms with E-state index in [0.717, 1.165) is 6.07 Å². The summed E-state index contributed by atoms with van der Waals surface area (Å²) in [5.41, 5.74) is -0.512. The van der Waals surface area contributed by atoms with Crippen LogP contribution in [0.3, 0.4) is 0 Å². The van der Waals surface area contributed by atoms with Gasteiger partial charge in [0, 0.05) is 30.0 Å². The summed E-state index contributed by atoms with van der Waals surface area (Å²) < 4.78 is 31.5. The lowest BCUT2D eigenvalue weighted by molar-refractivity contribution is -0.385. The molecule has 0 fully saturated rings. The maximum atomic E-state index is 13.1. The molecule has 0 saturated heterocycles. The molecule has 0 aliphatic carbocycles. The number of nitro groups is 1. The molecule has 1 unspecified atom stereocenters. The molecule has 5 nitrogen and oxygen atoms in total. The standard InChI is InChI=1S/C14H20F2N2O3/c1-4-21-8-13(9(2)3)17-12-6-5-10(18(19)20)7-11(12)14(15)16/h5-7,9,13-14,17H,4,8H2,1-3H3. The zero-order chi connectivity index (χ0) is 16.0. The Bertz CT molecular complexity index is 481. The van der Waals surface area contributed by atoms with Crippen molar-refractivity contribution in [2.24, 2.45) is 5.92 Å². The second-order valence-corrected chi connectivity index (χ2v) is 4.98. The van der Waals surface area contributed by atoms with Crippen molar-refractivity contribution in [3.8, 4) is 0 Å². The number of nitrogens with zero attached hydrogens (tertiary/aromatic N) is 1. The van der Waals surface area contributed by atoms with Gasteiger partial charge in [0.05, 0.1) is 17.6 Å². The third-order valence-electron chi connectivity index (χ3n) is 3.13. The van der Waals surface area contributed by atoms with Crippen molar-refractivity contribution in [2.75, 3.05) is 18.5 Å². The Morgan fingerprint density at radius 2 is 2.05 bits per heavy atom. The van der Waals surface area contributed by atoms with Crippen LogP contribution >= 0.6 is 0 Å². The molecule has 1 rings (SSSR count). The molecule has 1 aromatic carbocycles. The molecular formula is C14H20F2N2O3. The first-order chi connectivity index (χ1) is 9.86. The third-order valence-corrected chi connectivity index (χ3v) is 3.13. The Kier molecular flexibility index (Phi) is 6.48. The number of anilines is 1. The van der Waals surface area contributed by atoms with E-state index in [9.17, 15) is 18.9 Å². The van der Waals surface area contributed by atoms with Crippen molar-refractivity contribution in [3.63, 3.8) is 0 Å². The SMILES string of the molecule is CCOCC(Nc1ccc([N+](=O)[O-])cc1C(F)F)C(C)C. The largest absolute Gasteiger partial charge is 0.380 e. The van der Waals surface area contributed by atoms with E-state index in [1.807, 2.05) is 20.8 Å². The van der Waals surface area contributed by atoms with Crippen LogP contribution in [0.25, 0.3) is 0 Å². The molecule has 1 atom stereocenters. The highest BCUT2D eigenvalue weighted by Gasteiger charge is 2.21. The van der Waals surface area contributed by atoms with Gasteiger partial charge >= 0.3 is 0 Å². The molecule has 0 saturated carbocycles. The summed E-state index contributed by atoms with van der Waals surface area (Å²) in [5.74, 6) is 0.164. The third kappa shape index (κ3) is 4.93. The van der Waals surface area contributed by atoms with Gasteiger partial charge in [-0.05, 0) is 18.9 Å². The molecule has 7 heteroatoms. The van der Waals surface area contributed by atoms with E-state index in [1.165, 1.54) is 12.1 Å². The van der Waals surface area contributed by atoms with Crippen LogP contribution in [-0.4, -0.2) is 24.2 Å². The number of benzene rings is 1. The van der Waals surface area contributed by atoms with Crippen LogP contribution in [0.4, 0.5) is 20.2 Å². The van der Waals surface area contributed by atoms with E-state index in [0.29, 0.717) is 13.2 Å². The topological polar surface area (TPSA) is 64.4 Å². The lowest BCUT2D eigenvalue weighted by atomic mass is 10.0. The molecule has 0 radical (unpaired) electrons. The van der Waals surface area contributed by atoms with Gasteiger partial charge < -0.3 is 10.1 Å². The van der Waals surface area contributed by atoms with Gasteiger partial charge in [-0.3, -0.25) is 10.1 Å². The number of nitro benzene ring substituents is 1. The molecular weight excluding hydrogens is 282 g/mol. The lowest BCUT2D eigenvalue weighted by Gasteiger charge is -2.24. The summed E-state index contributed by atoms with van der Waals surface area (Å²) in [6, 6.07) is 3.29. The minimum Gasteiger partial charge on any atom is -0.380 e. The maximum absolute atomic E-state index is 13.1. The summed E-state index contributed by atoms with van der Waals surface area (Å²) in [5, 5.41) is 13.7. The first kappa shape index (κ1) is 17.3. The van der Waals surface area contributed by atoms with Crippen LogP contribution in [0.1, 0.15) is 32.8 Å². The number of hydrogen-bond donors (Lipinski definition) is 1. The van der Waals surface area contributed by atoms with Crippen LogP contribution in [-0.2, 0) is 4.74 Å². The first-order valence-electron chi connectivity index (χ1n) is 6.77. The summed E-state index contributed by atoms with van der Waals surface area (Å²) in [7, 11) is 0. The molecule has 0 amide bonds. The van der Waals surface area contributed by atoms with Crippen molar-refractivity contribution in [1.82, 2.24) is 0 Å². The normalized spacial score (nSPS) is 12.7. The maximum Gasteiger partial charge on any atom is 0.270 e. The fraction of sp³-hybridized carbons (Fsp3) is 0.571. The van der Waals surface area contributed by atoms with E-state index in [4.69, 9.17) is 4.74 Å². The van der Waals surface area contributed by atoms with Gasteiger partial charge in [-0.25, -0.2) is 8.78 Å². The zero-order valence-corrected chi connectivity index (χ0v) is 12.3. The average molecular weight is 302 g/mol. The molecule has 0 bridgehead atoms. The van der Waals surface area contributed by atoms with Gasteiger partial charge in [0.15, 0.2) is 0 Å². The molecule has 118 valence electrons. The van der Waals surface area contributed by atoms with Crippen LogP contribution < -0.4 is 5.32 Å². The number of alkyl halides is 2. The Hall–Kier alpha value is -1.76. The van der Waals surface area contributed by atoms with E-state index in [-0.39, 0.29) is 28.9 Å². The van der Waals surface area contributed by atoms with Crippen molar-refractivity contribution in [1.29, 1.82) is 0 Å². The molecule has 1 N–H and O–H groups in total. The number of ether oxygens (including phenoxy) is 1. The van der Waals surface area contributed by atoms with Crippen LogP contribution in [0, 0.1) is 16.0 Å². The van der Waals surface area contributed by atoms with Gasteiger partial charge in [-0.2, -0.15) is 0 Å². The quantitative estimate of drug-likeness (QED) is 0.582. The van der Waals surface area contributed by atoms with Crippen molar-refractivity contribution in [2.45, 2.75) is 33.2 Å². The number of non-ortho nitro benzene ring substituents is 1. The van der Waals surface area contributed by atoms with Gasteiger partial charge in [0.1, 0.15) is 0 Å². The zero-order valence-electron chi connectivity index (χ0n) is 12.3. The predicted octanol–water partition coefficient (Wildman–Crippen LogP) is 4.01. The first-order valence-corrected chi connectivity index (χ1v) is 6.77. The highest BCUT2D eigenvalue weighted by Crippen LogP contribution is 2.31. The van der Waals surface area contributed by atoms with E-state index >= 15 is 0 Å². The second kappa shape index (κ2) is 7.87. The Balaban J connectivity index is 3.02. The van der Waals surface area contributed by atoms with Gasteiger partial charge in [-0.15, -0.1) is 0 Å². The fourth-order valence-corrected chi connectivity index (χ4v) is 1.82. The fourth-order valence-electron chi connectivity index (χ4n) is 1.82. The van der Waals surface area contributed by atoms with E-state index in [1.54, 1.807) is 0 Å². The minimum atomic E-state index is -2.78. The monoisotopic (exact) mass is 302 g/mol. The average Bonchev–Trinajstić information content (AvgIpc) is 2.42. The number of hydrogen-bond acceptors (Lipinski definition) is 4. The van der Waals surface area contributed by atoms with Crippen LogP contribution in [0.5, 0.6) is 0 Å². The number of nitrogens with one attached hydrogen (secondary N) is 1. The molecule has 0 spiro atoms. The molecule has 0 aliphatic rings. The molecule has 0 heterocycles. The molecule has 0 aromatic heterocycles. The molecule has 21 heavy (non-hydrogen) atoms. The van der Waals surface area contributed by atoms with Crippen LogP contribution in [0.2, 0.25) is 0 Å². The van der Waals surface area contributed by atoms with Gasteiger partial charge in [0.25, 0.3) is 12.1 Å². The van der Waals surface area contributed by atoms with Crippen molar-refractivity contribution in [3.05, 3.63) is 33.9 Å². The summed E-state index contributed by atoms with van der Waals surface area (Å²) in [6.07, 6.45) is -2.78. The second-order valence-electron chi connectivity index (χ2n) is 4.98. The highest BCUT2D eigenvalue weighted by atomic mass is 19.3. The lowest BCUT2D eigenvalue weighted by Crippen LogP contribution is -2.31. The molecule has 1 aromatic rings. The van der Waals surface area contributed by atoms with Gasteiger partial charge in [-0.1, -0.05) is 13.8 Å². The van der Waals surface area contributed by atoms with Crippen LogP contribution in [0.15, 0.2) is 18.2 Å². The summed E-state index contributed by atoms with van der Waals surface area (Å²) >= 11 is 0. The Morgan fingerprint density at radius 3 is 2.52 bits per heavy atom. The Labute approximate surface area is 122 Å². The predicted molar refractivity (Wildman–Crippen MR) is 76.8 cm³/mol. The Morgan fingerprint density at radius 1 is 1.38 bits per heavy atom. The molecule has 0 aliphatic heterocycles. The number of halogens is 2. The summed E-state index contributed by atoms with van der Waals surface area (Å²) in [4.78, 5) is 9.99. The smallest absolute Gasteiger partial charge is 0.270 e. The van der Waals surface area contributed by atoms with E-state index < -0.39 is 11.3 Å². The highest BCUT2D eigenvalue weighted by molar-refractivity contribution is 5.57. The van der Waals surface area contributed by atoms with Gasteiger partial charge in [0.2, 0.25) is 0 Å². The van der Waals surface area contributed by atoms with E-state index in [2.05, 4.69) is 5.32 Å². The van der Waals surface area contributed by atoms with Crippen molar-refractivity contribution < 1.29 is 18.4 Å². The van der Waals surface area contributed by atoms with Crippen molar-refractivity contribution >= 4 is 11.4 Å². The summed E-state index contributed by atoms with van der Waals surface area (Å²) in [6.45, 7) is 6.67.